The van der Waals surface area contributed by atoms with Crippen molar-refractivity contribution < 1.29 is 22.8 Å². The molecule has 0 aromatic heterocycles. The van der Waals surface area contributed by atoms with Crippen molar-refractivity contribution in [1.82, 2.24) is 0 Å². The van der Waals surface area contributed by atoms with Gasteiger partial charge in [-0.1, -0.05) is 51.1 Å². The minimum atomic E-state index is -2.82. The first-order valence-electron chi connectivity index (χ1n) is 9.72. The fourth-order valence-corrected chi connectivity index (χ4v) is 4.97. The van der Waals surface area contributed by atoms with E-state index >= 15 is 0 Å². The average molecular weight is 383 g/mol. The van der Waals surface area contributed by atoms with Gasteiger partial charge in [0.2, 0.25) is 0 Å². The standard InChI is InChI=1S/C20H34O5Si/c1-5-13-23-26(24-14-6-2,25-15-7-3)17-16-22-20(21)18(4)19-11-9-8-10-12-19/h8-12,18H,5-7,13-17H2,1-4H3. The Kier molecular flexibility index (Phi) is 11.4. The van der Waals surface area contributed by atoms with Gasteiger partial charge in [-0.05, 0) is 31.7 Å². The van der Waals surface area contributed by atoms with Gasteiger partial charge in [-0.2, -0.15) is 0 Å². The second kappa shape index (κ2) is 13.0. The van der Waals surface area contributed by atoms with Gasteiger partial charge < -0.3 is 18.0 Å². The van der Waals surface area contributed by atoms with Crippen LogP contribution in [-0.2, 0) is 22.8 Å². The van der Waals surface area contributed by atoms with Crippen LogP contribution in [0.1, 0.15) is 58.4 Å². The molecule has 0 heterocycles. The van der Waals surface area contributed by atoms with Crippen molar-refractivity contribution in [3.05, 3.63) is 35.9 Å². The van der Waals surface area contributed by atoms with Gasteiger partial charge in [0.1, 0.15) is 0 Å². The van der Waals surface area contributed by atoms with Gasteiger partial charge in [0.05, 0.1) is 18.6 Å². The van der Waals surface area contributed by atoms with Crippen molar-refractivity contribution in [3.63, 3.8) is 0 Å². The van der Waals surface area contributed by atoms with Crippen molar-refractivity contribution in [2.45, 2.75) is 58.9 Å². The van der Waals surface area contributed by atoms with Crippen molar-refractivity contribution in [1.29, 1.82) is 0 Å². The maximum atomic E-state index is 12.3. The molecule has 0 N–H and O–H groups in total. The van der Waals surface area contributed by atoms with Gasteiger partial charge in [0.15, 0.2) is 0 Å². The summed E-state index contributed by atoms with van der Waals surface area (Å²) in [5, 5.41) is 0. The third-order valence-corrected chi connectivity index (χ3v) is 6.63. The molecule has 5 nitrogen and oxygen atoms in total. The summed E-state index contributed by atoms with van der Waals surface area (Å²) in [6.45, 7) is 10.0. The average Bonchev–Trinajstić information content (AvgIpc) is 2.68. The van der Waals surface area contributed by atoms with E-state index in [2.05, 4.69) is 20.8 Å². The first kappa shape index (κ1) is 22.8. The zero-order chi connectivity index (χ0) is 19.3. The fourth-order valence-electron chi connectivity index (χ4n) is 2.39. The lowest BCUT2D eigenvalue weighted by atomic mass is 10.0. The molecular weight excluding hydrogens is 348 g/mol. The maximum absolute atomic E-state index is 12.3. The van der Waals surface area contributed by atoms with Crippen LogP contribution in [0, 0.1) is 0 Å². The van der Waals surface area contributed by atoms with E-state index < -0.39 is 8.80 Å². The normalized spacial score (nSPS) is 12.8. The van der Waals surface area contributed by atoms with E-state index in [-0.39, 0.29) is 18.5 Å². The number of ether oxygens (including phenoxy) is 1. The molecule has 1 unspecified atom stereocenters. The van der Waals surface area contributed by atoms with Crippen LogP contribution in [0.4, 0.5) is 0 Å². The number of carbonyl (C=O) groups is 1. The fraction of sp³-hybridized carbons (Fsp3) is 0.650. The highest BCUT2D eigenvalue weighted by atomic mass is 28.4. The largest absolute Gasteiger partial charge is 0.504 e. The van der Waals surface area contributed by atoms with Crippen molar-refractivity contribution >= 4 is 14.8 Å². The highest BCUT2D eigenvalue weighted by Gasteiger charge is 2.41. The van der Waals surface area contributed by atoms with Gasteiger partial charge in [-0.25, -0.2) is 0 Å². The number of esters is 1. The molecule has 0 spiro atoms. The highest BCUT2D eigenvalue weighted by molar-refractivity contribution is 6.60. The summed E-state index contributed by atoms with van der Waals surface area (Å²) in [7, 11) is -2.82. The van der Waals surface area contributed by atoms with Crippen molar-refractivity contribution in [2.75, 3.05) is 26.4 Å². The SMILES string of the molecule is CCCO[Si](CCOC(=O)C(C)c1ccccc1)(OCCC)OCCC. The van der Waals surface area contributed by atoms with Crippen LogP contribution < -0.4 is 0 Å². The van der Waals surface area contributed by atoms with Crippen LogP contribution in [0.15, 0.2) is 30.3 Å². The van der Waals surface area contributed by atoms with Crippen LogP contribution in [0.3, 0.4) is 0 Å². The van der Waals surface area contributed by atoms with E-state index in [1.807, 2.05) is 37.3 Å². The topological polar surface area (TPSA) is 54.0 Å². The zero-order valence-corrected chi connectivity index (χ0v) is 17.7. The Balaban J connectivity index is 2.63. The summed E-state index contributed by atoms with van der Waals surface area (Å²) in [6, 6.07) is 10.1. The highest BCUT2D eigenvalue weighted by Crippen LogP contribution is 2.20. The minimum Gasteiger partial charge on any atom is -0.465 e. The van der Waals surface area contributed by atoms with Crippen molar-refractivity contribution in [3.8, 4) is 0 Å². The maximum Gasteiger partial charge on any atom is 0.504 e. The number of hydrogen-bond donors (Lipinski definition) is 0. The third kappa shape index (κ3) is 7.99. The summed E-state index contributed by atoms with van der Waals surface area (Å²) in [6.07, 6.45) is 2.68. The Labute approximate surface area is 159 Å². The van der Waals surface area contributed by atoms with Crippen LogP contribution >= 0.6 is 0 Å². The van der Waals surface area contributed by atoms with Gasteiger partial charge >= 0.3 is 14.8 Å². The molecule has 0 saturated heterocycles. The van der Waals surface area contributed by atoms with Crippen LogP contribution in [0.2, 0.25) is 6.04 Å². The second-order valence-electron chi connectivity index (χ2n) is 6.28. The molecule has 0 aliphatic rings. The Hall–Kier alpha value is -1.21. The molecule has 0 aliphatic carbocycles. The van der Waals surface area contributed by atoms with Crippen molar-refractivity contribution in [2.24, 2.45) is 0 Å². The van der Waals surface area contributed by atoms with E-state index in [1.165, 1.54) is 0 Å². The smallest absolute Gasteiger partial charge is 0.465 e. The Morgan fingerprint density at radius 1 is 0.885 bits per heavy atom. The Morgan fingerprint density at radius 3 is 1.85 bits per heavy atom. The molecule has 0 bridgehead atoms. The number of hydrogen-bond acceptors (Lipinski definition) is 5. The zero-order valence-electron chi connectivity index (χ0n) is 16.7. The molecule has 26 heavy (non-hydrogen) atoms. The molecule has 0 saturated carbocycles. The summed E-state index contributed by atoms with van der Waals surface area (Å²) in [4.78, 5) is 12.3. The van der Waals surface area contributed by atoms with E-state index in [4.69, 9.17) is 18.0 Å². The molecule has 6 heteroatoms. The molecular formula is C20H34O5Si. The molecule has 1 rings (SSSR count). The first-order chi connectivity index (χ1) is 12.6. The quantitative estimate of drug-likeness (QED) is 0.349. The number of benzene rings is 1. The Bertz CT molecular complexity index is 472. The summed E-state index contributed by atoms with van der Waals surface area (Å²) >= 11 is 0. The number of carbonyl (C=O) groups excluding carboxylic acids is 1. The molecule has 0 aliphatic heterocycles. The number of rotatable bonds is 14. The van der Waals surface area contributed by atoms with E-state index in [0.717, 1.165) is 24.8 Å². The molecule has 0 fully saturated rings. The monoisotopic (exact) mass is 382 g/mol. The van der Waals surface area contributed by atoms with Gasteiger partial charge in [-0.15, -0.1) is 0 Å². The summed E-state index contributed by atoms with van der Waals surface area (Å²) in [5.41, 5.74) is 0.952. The predicted octanol–water partition coefficient (Wildman–Crippen LogP) is 4.55. The third-order valence-electron chi connectivity index (χ3n) is 3.88. The van der Waals surface area contributed by atoms with Crippen LogP contribution in [0.25, 0.3) is 0 Å². The van der Waals surface area contributed by atoms with Gasteiger partial charge in [-0.3, -0.25) is 4.79 Å². The van der Waals surface area contributed by atoms with Crippen LogP contribution in [0.5, 0.6) is 0 Å². The predicted molar refractivity (Wildman–Crippen MR) is 105 cm³/mol. The van der Waals surface area contributed by atoms with E-state index in [0.29, 0.717) is 25.9 Å². The minimum absolute atomic E-state index is 0.236. The molecule has 1 aromatic rings. The molecule has 148 valence electrons. The first-order valence-corrected chi connectivity index (χ1v) is 11.6. The van der Waals surface area contributed by atoms with Gasteiger partial charge in [0, 0.05) is 19.8 Å². The van der Waals surface area contributed by atoms with Crippen LogP contribution in [-0.4, -0.2) is 41.2 Å². The Morgan fingerprint density at radius 2 is 1.38 bits per heavy atom. The lowest BCUT2D eigenvalue weighted by molar-refractivity contribution is -0.144. The lowest BCUT2D eigenvalue weighted by Crippen LogP contribution is -2.47. The van der Waals surface area contributed by atoms with E-state index in [1.54, 1.807) is 0 Å². The molecule has 1 atom stereocenters. The van der Waals surface area contributed by atoms with E-state index in [9.17, 15) is 4.79 Å². The molecule has 0 amide bonds. The van der Waals surface area contributed by atoms with Gasteiger partial charge in [0.25, 0.3) is 0 Å². The molecule has 1 aromatic carbocycles. The summed E-state index contributed by atoms with van der Waals surface area (Å²) < 4.78 is 23.5. The molecule has 0 radical (unpaired) electrons. The summed E-state index contributed by atoms with van der Waals surface area (Å²) in [5.74, 6) is -0.530. The second-order valence-corrected chi connectivity index (χ2v) is 9.01. The lowest BCUT2D eigenvalue weighted by Gasteiger charge is -2.29.